The fourth-order valence-electron chi connectivity index (χ4n) is 3.35. The third-order valence-corrected chi connectivity index (χ3v) is 4.92. The average Bonchev–Trinajstić information content (AvgIpc) is 2.87. The number of hydrogen-bond donors (Lipinski definition) is 1. The lowest BCUT2D eigenvalue weighted by molar-refractivity contribution is -0.135. The van der Waals surface area contributed by atoms with Crippen molar-refractivity contribution in [2.24, 2.45) is 11.8 Å². The van der Waals surface area contributed by atoms with E-state index in [4.69, 9.17) is 4.74 Å². The van der Waals surface area contributed by atoms with E-state index in [0.29, 0.717) is 18.8 Å². The van der Waals surface area contributed by atoms with E-state index in [0.717, 1.165) is 18.4 Å². The Bertz CT molecular complexity index is 555. The molecule has 2 unspecified atom stereocenters. The van der Waals surface area contributed by atoms with Gasteiger partial charge in [-0.1, -0.05) is 49.6 Å². The van der Waals surface area contributed by atoms with Gasteiger partial charge in [0.25, 0.3) is 0 Å². The summed E-state index contributed by atoms with van der Waals surface area (Å²) in [5.41, 5.74) is 1.06. The molecule has 1 saturated heterocycles. The minimum atomic E-state index is -0.581. The molecule has 1 aromatic rings. The predicted octanol–water partition coefficient (Wildman–Crippen LogP) is 2.38. The van der Waals surface area contributed by atoms with E-state index < -0.39 is 12.0 Å². The number of benzene rings is 1. The van der Waals surface area contributed by atoms with Gasteiger partial charge in [0.2, 0.25) is 5.91 Å². The minimum absolute atomic E-state index is 0.211. The van der Waals surface area contributed by atoms with Crippen LogP contribution in [-0.2, 0) is 16.0 Å². The first kappa shape index (κ1) is 16.0. The second-order valence-electron chi connectivity index (χ2n) is 6.54. The van der Waals surface area contributed by atoms with E-state index in [1.54, 1.807) is 0 Å². The third-order valence-electron chi connectivity index (χ3n) is 4.92. The van der Waals surface area contributed by atoms with E-state index in [1.165, 1.54) is 11.3 Å². The number of ether oxygens (including phenoxy) is 1. The average molecular weight is 317 g/mol. The fourth-order valence-corrected chi connectivity index (χ4v) is 3.35. The smallest absolute Gasteiger partial charge is 0.416 e. The highest BCUT2D eigenvalue weighted by molar-refractivity contribution is 5.94. The summed E-state index contributed by atoms with van der Waals surface area (Å²) >= 11 is 0. The Hall–Kier alpha value is -1.88. The van der Waals surface area contributed by atoms with Crippen LogP contribution in [0.5, 0.6) is 0 Å². The van der Waals surface area contributed by atoms with Gasteiger partial charge in [0.05, 0.1) is 18.6 Å². The van der Waals surface area contributed by atoms with E-state index in [9.17, 15) is 14.7 Å². The topological polar surface area (TPSA) is 66.8 Å². The lowest BCUT2D eigenvalue weighted by Crippen LogP contribution is -2.45. The zero-order valence-corrected chi connectivity index (χ0v) is 13.2. The van der Waals surface area contributed by atoms with Crippen molar-refractivity contribution in [3.8, 4) is 0 Å². The normalized spacial score (nSPS) is 22.6. The van der Waals surface area contributed by atoms with Gasteiger partial charge < -0.3 is 9.84 Å². The van der Waals surface area contributed by atoms with Crippen LogP contribution >= 0.6 is 0 Å². The van der Waals surface area contributed by atoms with Crippen LogP contribution in [0, 0.1) is 11.8 Å². The van der Waals surface area contributed by atoms with Crippen molar-refractivity contribution >= 4 is 12.0 Å². The number of rotatable bonds is 6. The molecule has 0 bridgehead atoms. The van der Waals surface area contributed by atoms with Gasteiger partial charge in [-0.3, -0.25) is 4.79 Å². The van der Waals surface area contributed by atoms with E-state index in [1.807, 2.05) is 30.3 Å². The Morgan fingerprint density at radius 3 is 2.65 bits per heavy atom. The molecule has 124 valence electrons. The van der Waals surface area contributed by atoms with Crippen molar-refractivity contribution in [3.63, 3.8) is 0 Å². The van der Waals surface area contributed by atoms with Crippen LogP contribution < -0.4 is 0 Å². The molecule has 0 aromatic heterocycles. The number of amides is 2. The van der Waals surface area contributed by atoms with Gasteiger partial charge in [0, 0.05) is 0 Å². The van der Waals surface area contributed by atoms with Crippen LogP contribution in [0.3, 0.4) is 0 Å². The summed E-state index contributed by atoms with van der Waals surface area (Å²) in [6.07, 6.45) is 4.09. The van der Waals surface area contributed by atoms with E-state index >= 15 is 0 Å². The van der Waals surface area contributed by atoms with Gasteiger partial charge in [0.15, 0.2) is 0 Å². The Morgan fingerprint density at radius 1 is 1.30 bits per heavy atom. The molecule has 3 rings (SSSR count). The number of carbonyl (C=O) groups excluding carboxylic acids is 2. The summed E-state index contributed by atoms with van der Waals surface area (Å²) in [6.45, 7) is 0.0121. The highest BCUT2D eigenvalue weighted by Crippen LogP contribution is 2.33. The number of imide groups is 1. The molecule has 23 heavy (non-hydrogen) atoms. The molecule has 0 radical (unpaired) electrons. The molecule has 2 fully saturated rings. The summed E-state index contributed by atoms with van der Waals surface area (Å²) in [5, 5.41) is 9.59. The van der Waals surface area contributed by atoms with Gasteiger partial charge in [-0.2, -0.15) is 0 Å². The molecular weight excluding hydrogens is 294 g/mol. The maximum Gasteiger partial charge on any atom is 0.416 e. The van der Waals surface area contributed by atoms with Crippen LogP contribution in [0.4, 0.5) is 4.79 Å². The molecule has 1 aliphatic carbocycles. The molecule has 2 amide bonds. The number of aliphatic hydroxyl groups is 1. The summed E-state index contributed by atoms with van der Waals surface area (Å²) in [7, 11) is 0. The molecule has 1 aliphatic heterocycles. The van der Waals surface area contributed by atoms with Crippen molar-refractivity contribution in [2.75, 3.05) is 13.2 Å². The molecule has 5 nitrogen and oxygen atoms in total. The Kier molecular flexibility index (Phi) is 4.96. The first-order valence-corrected chi connectivity index (χ1v) is 8.33. The first-order valence-electron chi connectivity index (χ1n) is 8.33. The van der Waals surface area contributed by atoms with Gasteiger partial charge in [-0.15, -0.1) is 0 Å². The van der Waals surface area contributed by atoms with Crippen LogP contribution in [0.15, 0.2) is 30.3 Å². The summed E-state index contributed by atoms with van der Waals surface area (Å²) in [5.74, 6) is -0.283. The number of aliphatic hydroxyl groups excluding tert-OH is 1. The van der Waals surface area contributed by atoms with Crippen molar-refractivity contribution in [3.05, 3.63) is 35.9 Å². The lowest BCUT2D eigenvalue weighted by Gasteiger charge is -2.30. The maximum atomic E-state index is 12.7. The first-order chi connectivity index (χ1) is 11.2. The molecule has 5 heteroatoms. The predicted molar refractivity (Wildman–Crippen MR) is 84.7 cm³/mol. The van der Waals surface area contributed by atoms with Crippen molar-refractivity contribution < 1.29 is 19.4 Å². The van der Waals surface area contributed by atoms with Crippen LogP contribution in [0.2, 0.25) is 0 Å². The zero-order valence-electron chi connectivity index (χ0n) is 13.2. The number of hydrogen-bond acceptors (Lipinski definition) is 4. The second-order valence-corrected chi connectivity index (χ2v) is 6.54. The highest BCUT2D eigenvalue weighted by atomic mass is 16.6. The van der Waals surface area contributed by atoms with Crippen LogP contribution in [-0.4, -0.2) is 41.3 Å². The molecule has 2 aliphatic rings. The number of carbonyl (C=O) groups is 2. The van der Waals surface area contributed by atoms with Crippen molar-refractivity contribution in [2.45, 2.75) is 38.1 Å². The van der Waals surface area contributed by atoms with E-state index in [-0.39, 0.29) is 25.2 Å². The second kappa shape index (κ2) is 7.13. The maximum absolute atomic E-state index is 12.7. The lowest BCUT2D eigenvalue weighted by atomic mass is 9.79. The van der Waals surface area contributed by atoms with E-state index in [2.05, 4.69) is 0 Å². The molecule has 2 atom stereocenters. The summed E-state index contributed by atoms with van der Waals surface area (Å²) in [6, 6.07) is 9.47. The van der Waals surface area contributed by atoms with Crippen LogP contribution in [0.25, 0.3) is 0 Å². The van der Waals surface area contributed by atoms with Gasteiger partial charge in [-0.05, 0) is 24.3 Å². The summed E-state index contributed by atoms with van der Waals surface area (Å²) in [4.78, 5) is 26.0. The van der Waals surface area contributed by atoms with Crippen molar-refractivity contribution in [1.29, 1.82) is 0 Å². The Labute approximate surface area is 136 Å². The van der Waals surface area contributed by atoms with Crippen LogP contribution in [0.1, 0.15) is 31.2 Å². The standard InChI is InChI=1S/C18H23NO4/c20-11-15(9-13-7-4-8-13)17(21)19-16(12-23-18(19)22)10-14-5-2-1-3-6-14/h1-3,5-6,13,15-16,20H,4,7-12H2. The van der Waals surface area contributed by atoms with Gasteiger partial charge in [-0.25, -0.2) is 9.69 Å². The molecule has 1 saturated carbocycles. The molecular formula is C18H23NO4. The van der Waals surface area contributed by atoms with Gasteiger partial charge >= 0.3 is 6.09 Å². The zero-order chi connectivity index (χ0) is 16.2. The molecule has 0 spiro atoms. The van der Waals surface area contributed by atoms with Gasteiger partial charge in [0.1, 0.15) is 6.61 Å². The molecule has 1 aromatic carbocycles. The largest absolute Gasteiger partial charge is 0.447 e. The highest BCUT2D eigenvalue weighted by Gasteiger charge is 2.41. The Balaban J connectivity index is 1.69. The summed E-state index contributed by atoms with van der Waals surface area (Å²) < 4.78 is 5.10. The SMILES string of the molecule is O=C1OCC(Cc2ccccc2)N1C(=O)C(CO)CC1CCC1. The molecule has 1 N–H and O–H groups in total. The molecule has 1 heterocycles. The quantitative estimate of drug-likeness (QED) is 0.875. The van der Waals surface area contributed by atoms with Crippen molar-refractivity contribution in [1.82, 2.24) is 4.90 Å². The third kappa shape index (κ3) is 3.55. The fraction of sp³-hybridized carbons (Fsp3) is 0.556. The monoisotopic (exact) mass is 317 g/mol. The number of nitrogens with zero attached hydrogens (tertiary/aromatic N) is 1. The number of cyclic esters (lactones) is 1. The minimum Gasteiger partial charge on any atom is -0.447 e. The Morgan fingerprint density at radius 2 is 2.04 bits per heavy atom.